The molecule has 2 atom stereocenters. The molecule has 2 fully saturated rings. The Kier molecular flexibility index (Phi) is 4.45. The highest BCUT2D eigenvalue weighted by Gasteiger charge is 2.36. The smallest absolute Gasteiger partial charge is 0.0472 e. The van der Waals surface area contributed by atoms with Gasteiger partial charge in [0.15, 0.2) is 0 Å². The Labute approximate surface area is 106 Å². The first-order chi connectivity index (χ1) is 8.17. The average Bonchev–Trinajstić information content (AvgIpc) is 2.35. The van der Waals surface area contributed by atoms with Crippen molar-refractivity contribution in [1.29, 1.82) is 0 Å². The van der Waals surface area contributed by atoms with Crippen LogP contribution in [0.4, 0.5) is 0 Å². The number of ether oxygens (including phenoxy) is 1. The number of piperidine rings is 1. The van der Waals surface area contributed by atoms with E-state index in [2.05, 4.69) is 18.7 Å². The SMILES string of the molecule is CC1CCCC(C)N1CC1(CN)CCOCC1. The van der Waals surface area contributed by atoms with Gasteiger partial charge in [0.1, 0.15) is 0 Å². The lowest BCUT2D eigenvalue weighted by atomic mass is 9.78. The monoisotopic (exact) mass is 240 g/mol. The summed E-state index contributed by atoms with van der Waals surface area (Å²) in [6.07, 6.45) is 6.36. The van der Waals surface area contributed by atoms with Crippen LogP contribution in [-0.2, 0) is 4.74 Å². The number of hydrogen-bond acceptors (Lipinski definition) is 3. The minimum atomic E-state index is 0.318. The van der Waals surface area contributed by atoms with E-state index < -0.39 is 0 Å². The molecule has 100 valence electrons. The highest BCUT2D eigenvalue weighted by molar-refractivity contribution is 4.90. The van der Waals surface area contributed by atoms with Crippen LogP contribution in [-0.4, -0.2) is 43.3 Å². The van der Waals surface area contributed by atoms with Gasteiger partial charge in [0.05, 0.1) is 0 Å². The first-order valence-electron chi connectivity index (χ1n) is 7.20. The Hall–Kier alpha value is -0.120. The minimum Gasteiger partial charge on any atom is -0.381 e. The van der Waals surface area contributed by atoms with Crippen LogP contribution in [0.5, 0.6) is 0 Å². The molecular weight excluding hydrogens is 212 g/mol. The van der Waals surface area contributed by atoms with E-state index in [1.807, 2.05) is 0 Å². The molecule has 0 aromatic rings. The maximum atomic E-state index is 6.06. The topological polar surface area (TPSA) is 38.5 Å². The second-order valence-corrected chi connectivity index (χ2v) is 6.12. The van der Waals surface area contributed by atoms with Crippen LogP contribution in [0.2, 0.25) is 0 Å². The molecule has 2 aliphatic heterocycles. The fraction of sp³-hybridized carbons (Fsp3) is 1.00. The van der Waals surface area contributed by atoms with E-state index in [1.54, 1.807) is 0 Å². The molecule has 3 nitrogen and oxygen atoms in total. The molecule has 2 heterocycles. The van der Waals surface area contributed by atoms with Crippen LogP contribution >= 0.6 is 0 Å². The molecule has 0 amide bonds. The lowest BCUT2D eigenvalue weighted by Crippen LogP contribution is -2.52. The number of likely N-dealkylation sites (tertiary alicyclic amines) is 1. The van der Waals surface area contributed by atoms with Crippen molar-refractivity contribution in [1.82, 2.24) is 4.90 Å². The Morgan fingerprint density at radius 3 is 2.29 bits per heavy atom. The third-order valence-electron chi connectivity index (χ3n) is 4.88. The van der Waals surface area contributed by atoms with E-state index in [0.29, 0.717) is 5.41 Å². The Balaban J connectivity index is 2.00. The summed E-state index contributed by atoms with van der Waals surface area (Å²) in [7, 11) is 0. The van der Waals surface area contributed by atoms with Gasteiger partial charge in [-0.3, -0.25) is 4.90 Å². The van der Waals surface area contributed by atoms with E-state index in [9.17, 15) is 0 Å². The van der Waals surface area contributed by atoms with E-state index in [-0.39, 0.29) is 0 Å². The summed E-state index contributed by atoms with van der Waals surface area (Å²) >= 11 is 0. The molecule has 3 heteroatoms. The van der Waals surface area contributed by atoms with Crippen LogP contribution in [0.1, 0.15) is 46.0 Å². The molecule has 2 unspecified atom stereocenters. The van der Waals surface area contributed by atoms with Crippen molar-refractivity contribution in [3.05, 3.63) is 0 Å². The Bertz CT molecular complexity index is 228. The molecule has 0 radical (unpaired) electrons. The van der Waals surface area contributed by atoms with Gasteiger partial charge in [0, 0.05) is 31.8 Å². The summed E-state index contributed by atoms with van der Waals surface area (Å²) in [4.78, 5) is 2.70. The van der Waals surface area contributed by atoms with Gasteiger partial charge >= 0.3 is 0 Å². The first-order valence-corrected chi connectivity index (χ1v) is 7.20. The summed E-state index contributed by atoms with van der Waals surface area (Å²) in [6.45, 7) is 8.53. The Morgan fingerprint density at radius 2 is 1.76 bits per heavy atom. The molecule has 0 bridgehead atoms. The summed E-state index contributed by atoms with van der Waals surface area (Å²) in [5, 5.41) is 0. The predicted molar refractivity (Wildman–Crippen MR) is 71.0 cm³/mol. The first kappa shape index (κ1) is 13.3. The predicted octanol–water partition coefficient (Wildman–Crippen LogP) is 2.00. The fourth-order valence-corrected chi connectivity index (χ4v) is 3.40. The average molecular weight is 240 g/mol. The number of rotatable bonds is 3. The molecule has 0 aromatic heterocycles. The summed E-state index contributed by atoms with van der Waals surface area (Å²) in [5.41, 5.74) is 6.38. The quantitative estimate of drug-likeness (QED) is 0.820. The van der Waals surface area contributed by atoms with Crippen LogP contribution in [0.25, 0.3) is 0 Å². The Morgan fingerprint density at radius 1 is 1.18 bits per heavy atom. The molecule has 2 saturated heterocycles. The molecule has 2 N–H and O–H groups in total. The van der Waals surface area contributed by atoms with Gasteiger partial charge in [-0.1, -0.05) is 6.42 Å². The molecule has 17 heavy (non-hydrogen) atoms. The van der Waals surface area contributed by atoms with Gasteiger partial charge in [-0.25, -0.2) is 0 Å². The maximum Gasteiger partial charge on any atom is 0.0472 e. The standard InChI is InChI=1S/C14H28N2O/c1-12-4-3-5-13(2)16(12)11-14(10-15)6-8-17-9-7-14/h12-13H,3-11,15H2,1-2H3. The van der Waals surface area contributed by atoms with E-state index >= 15 is 0 Å². The number of nitrogens with zero attached hydrogens (tertiary/aromatic N) is 1. The highest BCUT2D eigenvalue weighted by atomic mass is 16.5. The summed E-state index contributed by atoms with van der Waals surface area (Å²) in [6, 6.07) is 1.45. The number of hydrogen-bond donors (Lipinski definition) is 1. The lowest BCUT2D eigenvalue weighted by molar-refractivity contribution is -0.0234. The van der Waals surface area contributed by atoms with Crippen molar-refractivity contribution in [3.63, 3.8) is 0 Å². The molecule has 0 spiro atoms. The largest absolute Gasteiger partial charge is 0.381 e. The summed E-state index contributed by atoms with van der Waals surface area (Å²) in [5.74, 6) is 0. The molecular formula is C14H28N2O. The van der Waals surface area contributed by atoms with Gasteiger partial charge in [-0.2, -0.15) is 0 Å². The van der Waals surface area contributed by atoms with E-state index in [1.165, 1.54) is 25.8 Å². The molecule has 0 saturated carbocycles. The van der Waals surface area contributed by atoms with Crippen LogP contribution < -0.4 is 5.73 Å². The second-order valence-electron chi connectivity index (χ2n) is 6.12. The normalized spacial score (nSPS) is 34.8. The van der Waals surface area contributed by atoms with Crippen molar-refractivity contribution >= 4 is 0 Å². The highest BCUT2D eigenvalue weighted by Crippen LogP contribution is 2.34. The van der Waals surface area contributed by atoms with Crippen molar-refractivity contribution in [2.45, 2.75) is 58.0 Å². The number of nitrogens with two attached hydrogens (primary N) is 1. The van der Waals surface area contributed by atoms with Gasteiger partial charge in [-0.05, 0) is 51.5 Å². The zero-order valence-corrected chi connectivity index (χ0v) is 11.5. The van der Waals surface area contributed by atoms with Gasteiger partial charge < -0.3 is 10.5 Å². The maximum absolute atomic E-state index is 6.06. The lowest BCUT2D eigenvalue weighted by Gasteiger charge is -2.46. The second kappa shape index (κ2) is 5.68. The molecule has 0 aliphatic carbocycles. The van der Waals surface area contributed by atoms with Crippen LogP contribution in [0, 0.1) is 5.41 Å². The zero-order valence-electron chi connectivity index (χ0n) is 11.5. The van der Waals surface area contributed by atoms with Crippen LogP contribution in [0.3, 0.4) is 0 Å². The summed E-state index contributed by atoms with van der Waals surface area (Å²) < 4.78 is 5.50. The van der Waals surface area contributed by atoms with E-state index in [0.717, 1.165) is 44.7 Å². The molecule has 2 rings (SSSR count). The zero-order chi connectivity index (χ0) is 12.3. The van der Waals surface area contributed by atoms with Crippen LogP contribution in [0.15, 0.2) is 0 Å². The third kappa shape index (κ3) is 3.01. The van der Waals surface area contributed by atoms with E-state index in [4.69, 9.17) is 10.5 Å². The third-order valence-corrected chi connectivity index (χ3v) is 4.88. The van der Waals surface area contributed by atoms with Gasteiger partial charge in [-0.15, -0.1) is 0 Å². The van der Waals surface area contributed by atoms with Crippen molar-refractivity contribution < 1.29 is 4.74 Å². The van der Waals surface area contributed by atoms with Gasteiger partial charge in [0.2, 0.25) is 0 Å². The molecule has 0 aromatic carbocycles. The van der Waals surface area contributed by atoms with Gasteiger partial charge in [0.25, 0.3) is 0 Å². The van der Waals surface area contributed by atoms with Crippen molar-refractivity contribution in [3.8, 4) is 0 Å². The minimum absolute atomic E-state index is 0.318. The van der Waals surface area contributed by atoms with Crippen molar-refractivity contribution in [2.24, 2.45) is 11.1 Å². The van der Waals surface area contributed by atoms with Crippen molar-refractivity contribution in [2.75, 3.05) is 26.3 Å². The fourth-order valence-electron chi connectivity index (χ4n) is 3.40. The molecule has 2 aliphatic rings.